The van der Waals surface area contributed by atoms with Gasteiger partial charge in [0.05, 0.1) is 0 Å². The summed E-state index contributed by atoms with van der Waals surface area (Å²) in [5, 5.41) is 2.89. The maximum Gasteiger partial charge on any atom is 0.287 e. The van der Waals surface area contributed by atoms with E-state index < -0.39 is 0 Å². The van der Waals surface area contributed by atoms with Crippen molar-refractivity contribution in [2.45, 2.75) is 19.4 Å². The Labute approximate surface area is 170 Å². The second-order valence-corrected chi connectivity index (χ2v) is 7.15. The summed E-state index contributed by atoms with van der Waals surface area (Å²) in [5.74, 6) is 1.01. The lowest BCUT2D eigenvalue weighted by molar-refractivity contribution is 0.0923. The van der Waals surface area contributed by atoms with Crippen LogP contribution < -0.4 is 5.32 Å². The molecule has 7 heteroatoms. The van der Waals surface area contributed by atoms with E-state index >= 15 is 0 Å². The Hall–Kier alpha value is -2.93. The van der Waals surface area contributed by atoms with E-state index in [9.17, 15) is 4.79 Å². The van der Waals surface area contributed by atoms with Crippen LogP contribution in [0.5, 0.6) is 0 Å². The van der Waals surface area contributed by atoms with Gasteiger partial charge in [-0.05, 0) is 52.2 Å². The molecule has 0 radical (unpaired) electrons. The Balaban J connectivity index is 1.47. The lowest BCUT2D eigenvalue weighted by Gasteiger charge is -2.09. The number of imidazole rings is 1. The van der Waals surface area contributed by atoms with Crippen LogP contribution in [0, 0.1) is 0 Å². The molecular weight excluding hydrogens is 420 g/mol. The normalized spacial score (nSPS) is 11.0. The summed E-state index contributed by atoms with van der Waals surface area (Å²) in [5.41, 5.74) is 2.97. The number of carbonyl (C=O) groups excluding carboxylic acids is 1. The molecule has 1 amide bonds. The summed E-state index contributed by atoms with van der Waals surface area (Å²) < 4.78 is 7.90. The minimum atomic E-state index is -0.242. The highest BCUT2D eigenvalue weighted by molar-refractivity contribution is 9.10. The monoisotopic (exact) mass is 438 g/mol. The van der Waals surface area contributed by atoms with E-state index in [1.807, 2.05) is 30.3 Å². The van der Waals surface area contributed by atoms with E-state index in [2.05, 4.69) is 42.9 Å². The zero-order valence-electron chi connectivity index (χ0n) is 15.1. The molecule has 0 saturated heterocycles. The fourth-order valence-electron chi connectivity index (χ4n) is 3.14. The number of fused-ring (bicyclic) bond motifs is 1. The second-order valence-electron chi connectivity index (χ2n) is 6.37. The lowest BCUT2D eigenvalue weighted by atomic mass is 10.1. The average Bonchev–Trinajstić information content (AvgIpc) is 3.31. The fourth-order valence-corrected chi connectivity index (χ4v) is 3.44. The van der Waals surface area contributed by atoms with Gasteiger partial charge in [-0.1, -0.05) is 30.3 Å². The quantitative estimate of drug-likeness (QED) is 0.473. The van der Waals surface area contributed by atoms with Gasteiger partial charge in [0.15, 0.2) is 16.1 Å². The molecule has 0 aliphatic carbocycles. The maximum absolute atomic E-state index is 12.2. The molecule has 0 atom stereocenters. The van der Waals surface area contributed by atoms with Crippen molar-refractivity contribution in [2.24, 2.45) is 0 Å². The molecule has 0 unspecified atom stereocenters. The summed E-state index contributed by atoms with van der Waals surface area (Å²) in [7, 11) is 0. The molecule has 0 aliphatic heterocycles. The minimum absolute atomic E-state index is 0.242. The van der Waals surface area contributed by atoms with Crippen LogP contribution in [0.2, 0.25) is 0 Å². The number of carbonyl (C=O) groups is 1. The van der Waals surface area contributed by atoms with Crippen LogP contribution in [-0.4, -0.2) is 27.0 Å². The number of aromatic nitrogens is 3. The Morgan fingerprint density at radius 2 is 1.93 bits per heavy atom. The van der Waals surface area contributed by atoms with Crippen molar-refractivity contribution < 1.29 is 9.21 Å². The molecule has 1 N–H and O–H groups in total. The van der Waals surface area contributed by atoms with Crippen molar-refractivity contribution in [2.75, 3.05) is 6.54 Å². The topological polar surface area (TPSA) is 73.0 Å². The third-order valence-electron chi connectivity index (χ3n) is 4.48. The van der Waals surface area contributed by atoms with Crippen molar-refractivity contribution in [1.29, 1.82) is 0 Å². The molecule has 0 fully saturated rings. The Kier molecular flexibility index (Phi) is 5.53. The van der Waals surface area contributed by atoms with Crippen LogP contribution in [0.3, 0.4) is 0 Å². The van der Waals surface area contributed by atoms with Crippen molar-refractivity contribution >= 4 is 33.0 Å². The molecule has 1 aromatic carbocycles. The van der Waals surface area contributed by atoms with Crippen LogP contribution in [0.25, 0.3) is 11.2 Å². The molecule has 4 aromatic rings. The predicted molar refractivity (Wildman–Crippen MR) is 110 cm³/mol. The molecular formula is C21H19BrN4O2. The van der Waals surface area contributed by atoms with E-state index in [1.54, 1.807) is 18.3 Å². The summed E-state index contributed by atoms with van der Waals surface area (Å²) in [6, 6.07) is 17.5. The number of halogens is 1. The SMILES string of the molecule is O=C(NCCn1c(CCc2ccccc2)nc2cccnc21)c1ccc(Br)o1. The molecule has 4 rings (SSSR count). The minimum Gasteiger partial charge on any atom is -0.444 e. The van der Waals surface area contributed by atoms with Gasteiger partial charge in [0.2, 0.25) is 0 Å². The predicted octanol–water partition coefficient (Wildman–Crippen LogP) is 4.00. The first kappa shape index (κ1) is 18.4. The highest BCUT2D eigenvalue weighted by Crippen LogP contribution is 2.16. The standard InChI is InChI=1S/C21H19BrN4O2/c22-18-10-9-17(28-18)21(27)24-13-14-26-19(11-8-15-5-2-1-3-6-15)25-16-7-4-12-23-20(16)26/h1-7,9-10,12H,8,11,13-14H2,(H,24,27). The Bertz CT molecular complexity index is 1090. The lowest BCUT2D eigenvalue weighted by Crippen LogP contribution is -2.27. The van der Waals surface area contributed by atoms with Crippen LogP contribution in [0.15, 0.2) is 69.9 Å². The van der Waals surface area contributed by atoms with Crippen LogP contribution in [-0.2, 0) is 19.4 Å². The third-order valence-corrected chi connectivity index (χ3v) is 4.91. The molecule has 0 bridgehead atoms. The highest BCUT2D eigenvalue weighted by Gasteiger charge is 2.13. The van der Waals surface area contributed by atoms with Gasteiger partial charge >= 0.3 is 0 Å². The number of nitrogens with zero attached hydrogens (tertiary/aromatic N) is 3. The number of rotatable bonds is 7. The van der Waals surface area contributed by atoms with E-state index in [0.717, 1.165) is 29.8 Å². The van der Waals surface area contributed by atoms with Gasteiger partial charge in [0.25, 0.3) is 5.91 Å². The number of nitrogens with one attached hydrogen (secondary N) is 1. The maximum atomic E-state index is 12.2. The van der Waals surface area contributed by atoms with Crippen molar-refractivity contribution in [3.63, 3.8) is 0 Å². The number of hydrogen-bond donors (Lipinski definition) is 1. The van der Waals surface area contributed by atoms with Gasteiger partial charge in [-0.25, -0.2) is 9.97 Å². The van der Waals surface area contributed by atoms with Crippen LogP contribution >= 0.6 is 15.9 Å². The molecule has 0 aliphatic rings. The van der Waals surface area contributed by atoms with Gasteiger partial charge in [-0.15, -0.1) is 0 Å². The summed E-state index contributed by atoms with van der Waals surface area (Å²) in [6.45, 7) is 1.04. The van der Waals surface area contributed by atoms with Crippen molar-refractivity contribution in [1.82, 2.24) is 19.9 Å². The van der Waals surface area contributed by atoms with Gasteiger partial charge in [0, 0.05) is 25.7 Å². The van der Waals surface area contributed by atoms with Gasteiger partial charge < -0.3 is 14.3 Å². The van der Waals surface area contributed by atoms with Gasteiger partial charge in [-0.2, -0.15) is 0 Å². The summed E-state index contributed by atoms with van der Waals surface area (Å²) in [4.78, 5) is 21.4. The largest absolute Gasteiger partial charge is 0.444 e. The van der Waals surface area contributed by atoms with E-state index in [1.165, 1.54) is 5.56 Å². The van der Waals surface area contributed by atoms with Crippen molar-refractivity contribution in [3.05, 3.63) is 82.6 Å². The first-order chi connectivity index (χ1) is 13.7. The Morgan fingerprint density at radius 1 is 1.07 bits per heavy atom. The fraction of sp³-hybridized carbons (Fsp3) is 0.190. The molecule has 0 spiro atoms. The van der Waals surface area contributed by atoms with Crippen LogP contribution in [0.1, 0.15) is 21.9 Å². The molecule has 142 valence electrons. The number of pyridine rings is 1. The van der Waals surface area contributed by atoms with E-state index in [-0.39, 0.29) is 11.7 Å². The van der Waals surface area contributed by atoms with E-state index in [4.69, 9.17) is 9.40 Å². The van der Waals surface area contributed by atoms with Crippen LogP contribution in [0.4, 0.5) is 0 Å². The van der Waals surface area contributed by atoms with Crippen molar-refractivity contribution in [3.8, 4) is 0 Å². The summed E-state index contributed by atoms with van der Waals surface area (Å²) in [6.07, 6.45) is 3.47. The number of hydrogen-bond acceptors (Lipinski definition) is 4. The highest BCUT2D eigenvalue weighted by atomic mass is 79.9. The number of benzene rings is 1. The molecule has 3 aromatic heterocycles. The molecule has 3 heterocycles. The first-order valence-corrected chi connectivity index (χ1v) is 9.87. The Morgan fingerprint density at radius 3 is 2.71 bits per heavy atom. The third kappa shape index (κ3) is 4.14. The number of aryl methyl sites for hydroxylation is 2. The number of amides is 1. The smallest absolute Gasteiger partial charge is 0.287 e. The second kappa shape index (κ2) is 8.39. The van der Waals surface area contributed by atoms with Gasteiger partial charge in [0.1, 0.15) is 11.3 Å². The molecule has 28 heavy (non-hydrogen) atoms. The molecule has 6 nitrogen and oxygen atoms in total. The summed E-state index contributed by atoms with van der Waals surface area (Å²) >= 11 is 3.21. The zero-order chi connectivity index (χ0) is 19.3. The zero-order valence-corrected chi connectivity index (χ0v) is 16.7. The number of furan rings is 1. The van der Waals surface area contributed by atoms with Gasteiger partial charge in [-0.3, -0.25) is 4.79 Å². The first-order valence-electron chi connectivity index (χ1n) is 9.08. The molecule has 0 saturated carbocycles. The average molecular weight is 439 g/mol. The van der Waals surface area contributed by atoms with E-state index in [0.29, 0.717) is 17.8 Å².